The minimum Gasteiger partial charge on any atom is -0.304 e. The van der Waals surface area contributed by atoms with Gasteiger partial charge in [0.05, 0.1) is 0 Å². The highest BCUT2D eigenvalue weighted by Crippen LogP contribution is 2.36. The molecule has 3 aliphatic rings. The average Bonchev–Trinajstić information content (AvgIpc) is 2.98. The van der Waals surface area contributed by atoms with Crippen molar-refractivity contribution < 1.29 is 0 Å². The predicted molar refractivity (Wildman–Crippen MR) is 94.2 cm³/mol. The molecule has 0 amide bonds. The molecule has 0 aromatic heterocycles. The fourth-order valence-electron chi connectivity index (χ4n) is 4.90. The van der Waals surface area contributed by atoms with Crippen molar-refractivity contribution in [3.8, 4) is 0 Å². The Bertz CT molecular complexity index is 328. The molecule has 2 aliphatic heterocycles. The summed E-state index contributed by atoms with van der Waals surface area (Å²) in [4.78, 5) is 8.01. The van der Waals surface area contributed by atoms with Crippen molar-refractivity contribution in [2.75, 3.05) is 52.9 Å². The van der Waals surface area contributed by atoms with Crippen LogP contribution in [0.5, 0.6) is 0 Å². The summed E-state index contributed by atoms with van der Waals surface area (Å²) in [5, 5.41) is 0. The lowest BCUT2D eigenvalue weighted by molar-refractivity contribution is 0.0632. The second-order valence-corrected chi connectivity index (χ2v) is 8.55. The minimum atomic E-state index is 0.872. The lowest BCUT2D eigenvalue weighted by Gasteiger charge is -2.42. The summed E-state index contributed by atoms with van der Waals surface area (Å²) in [5.41, 5.74) is 0. The summed E-state index contributed by atoms with van der Waals surface area (Å²) in [6.45, 7) is 14.0. The average molecular weight is 308 g/mol. The van der Waals surface area contributed by atoms with Gasteiger partial charge >= 0.3 is 0 Å². The van der Waals surface area contributed by atoms with Gasteiger partial charge in [0.25, 0.3) is 0 Å². The number of piperazine rings is 1. The topological polar surface area (TPSA) is 9.72 Å². The van der Waals surface area contributed by atoms with Crippen molar-refractivity contribution in [2.24, 2.45) is 17.8 Å². The fraction of sp³-hybridized carbons (Fsp3) is 1.00. The first kappa shape index (κ1) is 16.7. The zero-order valence-corrected chi connectivity index (χ0v) is 15.1. The maximum Gasteiger partial charge on any atom is 0.0121 e. The zero-order valence-electron chi connectivity index (χ0n) is 15.1. The van der Waals surface area contributed by atoms with Gasteiger partial charge in [-0.15, -0.1) is 0 Å². The molecule has 1 unspecified atom stereocenters. The molecule has 2 atom stereocenters. The third-order valence-electron chi connectivity index (χ3n) is 6.65. The van der Waals surface area contributed by atoms with Crippen molar-refractivity contribution in [3.63, 3.8) is 0 Å². The molecule has 3 rings (SSSR count). The van der Waals surface area contributed by atoms with E-state index in [4.69, 9.17) is 0 Å². The van der Waals surface area contributed by atoms with Crippen molar-refractivity contribution in [1.29, 1.82) is 0 Å². The molecule has 0 N–H and O–H groups in total. The summed E-state index contributed by atoms with van der Waals surface area (Å²) in [6, 6.07) is 0.872. The Morgan fingerprint density at radius 1 is 0.864 bits per heavy atom. The monoisotopic (exact) mass is 307 g/mol. The van der Waals surface area contributed by atoms with Crippen LogP contribution in [0.25, 0.3) is 0 Å². The Labute approximate surface area is 138 Å². The van der Waals surface area contributed by atoms with Gasteiger partial charge in [-0.05, 0) is 70.0 Å². The maximum absolute atomic E-state index is 2.78. The molecule has 1 saturated carbocycles. The van der Waals surface area contributed by atoms with Gasteiger partial charge in [0.2, 0.25) is 0 Å². The van der Waals surface area contributed by atoms with Gasteiger partial charge in [-0.2, -0.15) is 0 Å². The van der Waals surface area contributed by atoms with Gasteiger partial charge in [-0.3, -0.25) is 4.90 Å². The molecule has 3 nitrogen and oxygen atoms in total. The highest BCUT2D eigenvalue weighted by Gasteiger charge is 2.31. The van der Waals surface area contributed by atoms with E-state index in [9.17, 15) is 0 Å². The lowest BCUT2D eigenvalue weighted by Crippen LogP contribution is -2.52. The van der Waals surface area contributed by atoms with E-state index in [1.54, 1.807) is 0 Å². The standard InChI is InChI=1S/C19H37N3/c1-16(2)18-5-4-17(14-18)15-21-8-6-19(7-9-21)22-12-10-20(3)11-13-22/h16-19H,4-15H2,1-3H3/t17?,18-/m1/s1. The number of likely N-dealkylation sites (tertiary alicyclic amines) is 1. The summed E-state index contributed by atoms with van der Waals surface area (Å²) in [6.07, 6.45) is 7.28. The molecule has 0 aromatic rings. The smallest absolute Gasteiger partial charge is 0.0121 e. The van der Waals surface area contributed by atoms with Crippen molar-refractivity contribution in [3.05, 3.63) is 0 Å². The number of piperidine rings is 1. The van der Waals surface area contributed by atoms with Crippen LogP contribution in [0.4, 0.5) is 0 Å². The molecule has 1 aliphatic carbocycles. The van der Waals surface area contributed by atoms with Crippen LogP contribution in [0.1, 0.15) is 46.0 Å². The largest absolute Gasteiger partial charge is 0.304 e. The summed E-state index contributed by atoms with van der Waals surface area (Å²) in [5.74, 6) is 2.90. The number of hydrogen-bond acceptors (Lipinski definition) is 3. The van der Waals surface area contributed by atoms with E-state index < -0.39 is 0 Å². The Morgan fingerprint density at radius 3 is 2.14 bits per heavy atom. The number of likely N-dealkylation sites (N-methyl/N-ethyl adjacent to an activating group) is 1. The first-order valence-electron chi connectivity index (χ1n) is 9.76. The number of rotatable bonds is 4. The molecule has 0 spiro atoms. The Balaban J connectivity index is 1.37. The molecule has 2 heterocycles. The lowest BCUT2D eigenvalue weighted by atomic mass is 9.93. The molecule has 0 radical (unpaired) electrons. The van der Waals surface area contributed by atoms with E-state index in [0.717, 1.165) is 23.8 Å². The normalized spacial score (nSPS) is 33.8. The Hall–Kier alpha value is -0.120. The van der Waals surface area contributed by atoms with Gasteiger partial charge in [0.1, 0.15) is 0 Å². The molecule has 3 fully saturated rings. The number of nitrogens with zero attached hydrogens (tertiary/aromatic N) is 3. The van der Waals surface area contributed by atoms with E-state index in [2.05, 4.69) is 35.6 Å². The van der Waals surface area contributed by atoms with Crippen molar-refractivity contribution in [2.45, 2.75) is 52.0 Å². The summed E-state index contributed by atoms with van der Waals surface area (Å²) < 4.78 is 0. The quantitative estimate of drug-likeness (QED) is 0.791. The van der Waals surface area contributed by atoms with Gasteiger partial charge in [0, 0.05) is 38.8 Å². The van der Waals surface area contributed by atoms with E-state index in [-0.39, 0.29) is 0 Å². The van der Waals surface area contributed by atoms with Gasteiger partial charge in [-0.1, -0.05) is 13.8 Å². The molecular formula is C19H37N3. The Morgan fingerprint density at radius 2 is 1.55 bits per heavy atom. The van der Waals surface area contributed by atoms with Crippen molar-refractivity contribution in [1.82, 2.24) is 14.7 Å². The van der Waals surface area contributed by atoms with Crippen LogP contribution >= 0.6 is 0 Å². The zero-order chi connectivity index (χ0) is 15.5. The van der Waals surface area contributed by atoms with Crippen LogP contribution in [-0.2, 0) is 0 Å². The highest BCUT2D eigenvalue weighted by molar-refractivity contribution is 4.85. The van der Waals surface area contributed by atoms with Crippen LogP contribution in [0.15, 0.2) is 0 Å². The van der Waals surface area contributed by atoms with E-state index >= 15 is 0 Å². The molecule has 2 saturated heterocycles. The van der Waals surface area contributed by atoms with E-state index in [1.807, 2.05) is 0 Å². The predicted octanol–water partition coefficient (Wildman–Crippen LogP) is 2.77. The Kier molecular flexibility index (Phi) is 5.80. The van der Waals surface area contributed by atoms with Crippen LogP contribution in [0, 0.1) is 17.8 Å². The maximum atomic E-state index is 2.78. The molecular weight excluding hydrogens is 270 g/mol. The van der Waals surface area contributed by atoms with Crippen LogP contribution in [0.3, 0.4) is 0 Å². The van der Waals surface area contributed by atoms with E-state index in [0.29, 0.717) is 0 Å². The van der Waals surface area contributed by atoms with Crippen LogP contribution < -0.4 is 0 Å². The molecule has 128 valence electrons. The molecule has 3 heteroatoms. The van der Waals surface area contributed by atoms with Gasteiger partial charge in [-0.25, -0.2) is 0 Å². The summed E-state index contributed by atoms with van der Waals surface area (Å²) >= 11 is 0. The fourth-order valence-corrected chi connectivity index (χ4v) is 4.90. The third kappa shape index (κ3) is 4.24. The second-order valence-electron chi connectivity index (χ2n) is 8.55. The summed E-state index contributed by atoms with van der Waals surface area (Å²) in [7, 11) is 2.26. The van der Waals surface area contributed by atoms with Crippen LogP contribution in [-0.4, -0.2) is 73.6 Å². The van der Waals surface area contributed by atoms with Crippen LogP contribution in [0.2, 0.25) is 0 Å². The molecule has 22 heavy (non-hydrogen) atoms. The highest BCUT2D eigenvalue weighted by atomic mass is 15.3. The SMILES string of the molecule is CC(C)[C@@H]1CCC(CN2CCC(N3CCN(C)CC3)CC2)C1. The third-order valence-corrected chi connectivity index (χ3v) is 6.65. The van der Waals surface area contributed by atoms with Gasteiger partial charge in [0.15, 0.2) is 0 Å². The first-order valence-corrected chi connectivity index (χ1v) is 9.76. The first-order chi connectivity index (χ1) is 10.6. The second kappa shape index (κ2) is 7.63. The molecule has 0 bridgehead atoms. The van der Waals surface area contributed by atoms with E-state index in [1.165, 1.54) is 77.9 Å². The van der Waals surface area contributed by atoms with Crippen molar-refractivity contribution >= 4 is 0 Å². The number of hydrogen-bond donors (Lipinski definition) is 0. The molecule has 0 aromatic carbocycles. The van der Waals surface area contributed by atoms with Gasteiger partial charge < -0.3 is 9.80 Å². The minimum absolute atomic E-state index is 0.872.